The summed E-state index contributed by atoms with van der Waals surface area (Å²) >= 11 is 13.7. The highest BCUT2D eigenvalue weighted by atomic mass is 79.9. The predicted molar refractivity (Wildman–Crippen MR) is 58.0 cm³/mol. The molecule has 0 aliphatic rings. The molecular formula is C6HBr2ClN2OS. The van der Waals surface area contributed by atoms with Gasteiger partial charge in [0.25, 0.3) is 0 Å². The van der Waals surface area contributed by atoms with Crippen LogP contribution >= 0.6 is 54.8 Å². The summed E-state index contributed by atoms with van der Waals surface area (Å²) in [6.07, 6.45) is 0. The van der Waals surface area contributed by atoms with E-state index in [1.165, 1.54) is 11.3 Å². The van der Waals surface area contributed by atoms with Crippen LogP contribution in [0.15, 0.2) is 18.8 Å². The molecule has 0 atom stereocenters. The number of thiophene rings is 1. The van der Waals surface area contributed by atoms with E-state index < -0.39 is 0 Å². The van der Waals surface area contributed by atoms with Gasteiger partial charge in [0.2, 0.25) is 5.82 Å². The molecule has 0 N–H and O–H groups in total. The number of hydrogen-bond donors (Lipinski definition) is 0. The van der Waals surface area contributed by atoms with Crippen LogP contribution in [0.3, 0.4) is 0 Å². The van der Waals surface area contributed by atoms with Gasteiger partial charge >= 0.3 is 5.35 Å². The van der Waals surface area contributed by atoms with Gasteiger partial charge in [-0.05, 0) is 49.5 Å². The van der Waals surface area contributed by atoms with Crippen molar-refractivity contribution in [3.63, 3.8) is 0 Å². The molecule has 0 unspecified atom stereocenters. The first kappa shape index (κ1) is 9.64. The van der Waals surface area contributed by atoms with Crippen molar-refractivity contribution in [2.75, 3.05) is 0 Å². The van der Waals surface area contributed by atoms with Gasteiger partial charge in [0.15, 0.2) is 0 Å². The summed E-state index contributed by atoms with van der Waals surface area (Å²) in [5, 5.41) is 3.74. The topological polar surface area (TPSA) is 38.9 Å². The first-order valence-corrected chi connectivity index (χ1v) is 5.89. The summed E-state index contributed by atoms with van der Waals surface area (Å²) in [5.74, 6) is 0.501. The molecule has 0 saturated carbocycles. The number of rotatable bonds is 1. The Morgan fingerprint density at radius 2 is 2.23 bits per heavy atom. The van der Waals surface area contributed by atoms with Crippen LogP contribution in [0.4, 0.5) is 0 Å². The third-order valence-electron chi connectivity index (χ3n) is 1.27. The van der Waals surface area contributed by atoms with E-state index in [1.807, 2.05) is 6.07 Å². The molecule has 13 heavy (non-hydrogen) atoms. The minimum Gasteiger partial charge on any atom is -0.321 e. The fourth-order valence-corrected chi connectivity index (χ4v) is 2.84. The lowest BCUT2D eigenvalue weighted by molar-refractivity contribution is 0.421. The molecule has 2 heterocycles. The van der Waals surface area contributed by atoms with E-state index >= 15 is 0 Å². The van der Waals surface area contributed by atoms with Crippen LogP contribution in [0.5, 0.6) is 0 Å². The maximum Gasteiger partial charge on any atom is 0.320 e. The zero-order valence-corrected chi connectivity index (χ0v) is 10.7. The van der Waals surface area contributed by atoms with Gasteiger partial charge in [-0.25, -0.2) is 0 Å². The smallest absolute Gasteiger partial charge is 0.320 e. The van der Waals surface area contributed by atoms with Gasteiger partial charge in [0, 0.05) is 4.47 Å². The van der Waals surface area contributed by atoms with Crippen molar-refractivity contribution < 1.29 is 4.52 Å². The number of halogens is 3. The van der Waals surface area contributed by atoms with Gasteiger partial charge in [-0.1, -0.05) is 5.16 Å². The molecule has 0 saturated heterocycles. The molecule has 0 fully saturated rings. The highest BCUT2D eigenvalue weighted by molar-refractivity contribution is 9.13. The fourth-order valence-electron chi connectivity index (χ4n) is 0.762. The van der Waals surface area contributed by atoms with Crippen molar-refractivity contribution in [2.45, 2.75) is 0 Å². The molecule has 68 valence electrons. The lowest BCUT2D eigenvalue weighted by atomic mass is 10.4. The summed E-state index contributed by atoms with van der Waals surface area (Å²) in [6, 6.07) is 1.90. The van der Waals surface area contributed by atoms with Crippen molar-refractivity contribution in [3.05, 3.63) is 19.7 Å². The zero-order chi connectivity index (χ0) is 9.42. The van der Waals surface area contributed by atoms with Crippen LogP contribution in [0, 0.1) is 0 Å². The minimum atomic E-state index is 0.0515. The Bertz CT molecular complexity index is 422. The van der Waals surface area contributed by atoms with Gasteiger partial charge < -0.3 is 4.52 Å². The quantitative estimate of drug-likeness (QED) is 0.785. The summed E-state index contributed by atoms with van der Waals surface area (Å²) in [4.78, 5) is 4.79. The van der Waals surface area contributed by atoms with E-state index in [2.05, 4.69) is 46.5 Å². The summed E-state index contributed by atoms with van der Waals surface area (Å²) in [6.45, 7) is 0. The van der Waals surface area contributed by atoms with E-state index in [0.29, 0.717) is 5.82 Å². The largest absolute Gasteiger partial charge is 0.321 e. The van der Waals surface area contributed by atoms with E-state index in [9.17, 15) is 0 Å². The monoisotopic (exact) mass is 342 g/mol. The maximum absolute atomic E-state index is 5.50. The predicted octanol–water partition coefficient (Wildman–Crippen LogP) is 3.98. The molecule has 0 aromatic carbocycles. The van der Waals surface area contributed by atoms with Crippen LogP contribution in [0.1, 0.15) is 0 Å². The molecular weight excluding hydrogens is 343 g/mol. The Hall–Kier alpha value is 0.0900. The van der Waals surface area contributed by atoms with Crippen molar-refractivity contribution in [1.82, 2.24) is 10.1 Å². The highest BCUT2D eigenvalue weighted by Crippen LogP contribution is 2.37. The fraction of sp³-hybridized carbons (Fsp3) is 0. The highest BCUT2D eigenvalue weighted by Gasteiger charge is 2.11. The molecule has 2 rings (SSSR count). The molecule has 0 aliphatic heterocycles. The van der Waals surface area contributed by atoms with Crippen molar-refractivity contribution in [3.8, 4) is 10.7 Å². The molecule has 0 radical (unpaired) electrons. The number of hydrogen-bond acceptors (Lipinski definition) is 4. The van der Waals surface area contributed by atoms with Gasteiger partial charge in [-0.2, -0.15) is 4.98 Å². The van der Waals surface area contributed by atoms with Crippen LogP contribution in [0.25, 0.3) is 10.7 Å². The van der Waals surface area contributed by atoms with Crippen molar-refractivity contribution in [1.29, 1.82) is 0 Å². The third-order valence-corrected chi connectivity index (χ3v) is 4.67. The van der Waals surface area contributed by atoms with Crippen molar-refractivity contribution in [2.24, 2.45) is 0 Å². The molecule has 0 aliphatic carbocycles. The molecule has 2 aromatic heterocycles. The third kappa shape index (κ3) is 1.96. The SMILES string of the molecule is Clc1nc(-c2cc(Br)c(Br)s2)no1. The lowest BCUT2D eigenvalue weighted by Gasteiger charge is -1.80. The summed E-state index contributed by atoms with van der Waals surface area (Å²) < 4.78 is 6.60. The number of nitrogens with zero attached hydrogens (tertiary/aromatic N) is 2. The molecule has 2 aromatic rings. The van der Waals surface area contributed by atoms with Crippen LogP contribution in [-0.4, -0.2) is 10.1 Å². The molecule has 0 bridgehead atoms. The molecule has 3 nitrogen and oxygen atoms in total. The van der Waals surface area contributed by atoms with E-state index in [-0.39, 0.29) is 5.35 Å². The molecule has 7 heteroatoms. The molecule has 0 amide bonds. The standard InChI is InChI=1S/C6HBr2ClN2OS/c7-2-1-3(13-4(2)8)5-10-6(9)12-11-5/h1H. The maximum atomic E-state index is 5.50. The van der Waals surface area contributed by atoms with E-state index in [4.69, 9.17) is 11.6 Å². The zero-order valence-electron chi connectivity index (χ0n) is 5.92. The average molecular weight is 344 g/mol. The second-order valence-electron chi connectivity index (χ2n) is 2.10. The van der Waals surface area contributed by atoms with Gasteiger partial charge in [0.05, 0.1) is 8.66 Å². The Morgan fingerprint density at radius 1 is 1.46 bits per heavy atom. The summed E-state index contributed by atoms with van der Waals surface area (Å²) in [7, 11) is 0. The van der Waals surface area contributed by atoms with Crippen molar-refractivity contribution >= 4 is 54.8 Å². The van der Waals surface area contributed by atoms with E-state index in [1.54, 1.807) is 0 Å². The summed E-state index contributed by atoms with van der Waals surface area (Å²) in [5.41, 5.74) is 0. The minimum absolute atomic E-state index is 0.0515. The lowest BCUT2D eigenvalue weighted by Crippen LogP contribution is -1.72. The Kier molecular flexibility index (Phi) is 2.73. The van der Waals surface area contributed by atoms with Crippen LogP contribution in [0.2, 0.25) is 5.35 Å². The normalized spacial score (nSPS) is 10.7. The second-order valence-corrected chi connectivity index (χ2v) is 5.65. The first-order valence-electron chi connectivity index (χ1n) is 3.11. The van der Waals surface area contributed by atoms with Gasteiger partial charge in [-0.15, -0.1) is 11.3 Å². The second kappa shape index (κ2) is 3.68. The average Bonchev–Trinajstić information content (AvgIpc) is 2.61. The van der Waals surface area contributed by atoms with Crippen LogP contribution in [-0.2, 0) is 0 Å². The Morgan fingerprint density at radius 3 is 2.69 bits per heavy atom. The molecule has 0 spiro atoms. The van der Waals surface area contributed by atoms with Gasteiger partial charge in [-0.3, -0.25) is 0 Å². The van der Waals surface area contributed by atoms with Crippen LogP contribution < -0.4 is 0 Å². The Balaban J connectivity index is 2.46. The Labute approximate surface area is 99.4 Å². The van der Waals surface area contributed by atoms with E-state index in [0.717, 1.165) is 13.1 Å². The first-order chi connectivity index (χ1) is 6.16. The van der Waals surface area contributed by atoms with Gasteiger partial charge in [0.1, 0.15) is 0 Å². The number of aromatic nitrogens is 2.